The van der Waals surface area contributed by atoms with E-state index in [9.17, 15) is 9.90 Å². The summed E-state index contributed by atoms with van der Waals surface area (Å²) in [7, 11) is 1.68. The van der Waals surface area contributed by atoms with Gasteiger partial charge in [0.2, 0.25) is 0 Å². The molecule has 2 aliphatic rings. The third-order valence-corrected chi connectivity index (χ3v) is 4.91. The Morgan fingerprint density at radius 2 is 2.00 bits per heavy atom. The Kier molecular flexibility index (Phi) is 4.27. The highest BCUT2D eigenvalue weighted by molar-refractivity contribution is 5.89. The summed E-state index contributed by atoms with van der Waals surface area (Å²) in [6, 6.07) is 9.10. The van der Waals surface area contributed by atoms with E-state index in [0.717, 1.165) is 19.3 Å². The van der Waals surface area contributed by atoms with Gasteiger partial charge in [-0.3, -0.25) is 0 Å². The first-order valence-electron chi connectivity index (χ1n) is 7.62. The first-order valence-corrected chi connectivity index (χ1v) is 7.62. The summed E-state index contributed by atoms with van der Waals surface area (Å²) in [5.74, 6) is 0.800. The van der Waals surface area contributed by atoms with Crippen LogP contribution in [0.25, 0.3) is 0 Å². The topological polar surface area (TPSA) is 55.8 Å². The average Bonchev–Trinajstić information content (AvgIpc) is 2.98. The monoisotopic (exact) mass is 290 g/mol. The highest BCUT2D eigenvalue weighted by atomic mass is 16.5. The number of benzene rings is 1. The van der Waals surface area contributed by atoms with Crippen molar-refractivity contribution >= 4 is 5.97 Å². The molecule has 2 aliphatic carbocycles. The molecular weight excluding hydrogens is 268 g/mol. The van der Waals surface area contributed by atoms with Gasteiger partial charge >= 0.3 is 5.97 Å². The van der Waals surface area contributed by atoms with E-state index in [1.54, 1.807) is 19.2 Å². The third-order valence-electron chi connectivity index (χ3n) is 4.91. The molecular formula is C17H22O4. The lowest BCUT2D eigenvalue weighted by atomic mass is 9.92. The molecule has 0 radical (unpaired) electrons. The fourth-order valence-electron chi connectivity index (χ4n) is 4.01. The maximum absolute atomic E-state index is 12.2. The average molecular weight is 290 g/mol. The van der Waals surface area contributed by atoms with Crippen molar-refractivity contribution in [2.45, 2.75) is 31.5 Å². The molecule has 0 heterocycles. The van der Waals surface area contributed by atoms with Crippen LogP contribution in [0.5, 0.6) is 0 Å². The van der Waals surface area contributed by atoms with E-state index in [0.29, 0.717) is 24.0 Å². The molecule has 21 heavy (non-hydrogen) atoms. The van der Waals surface area contributed by atoms with Crippen molar-refractivity contribution in [3.05, 3.63) is 35.9 Å². The third kappa shape index (κ3) is 2.97. The number of ether oxygens (including phenoxy) is 2. The van der Waals surface area contributed by atoms with E-state index < -0.39 is 0 Å². The molecule has 1 aromatic rings. The van der Waals surface area contributed by atoms with Crippen LogP contribution in [-0.2, 0) is 9.47 Å². The van der Waals surface area contributed by atoms with Gasteiger partial charge in [0.15, 0.2) is 0 Å². The van der Waals surface area contributed by atoms with E-state index in [-0.39, 0.29) is 24.1 Å². The molecule has 0 aromatic heterocycles. The number of fused-ring (bicyclic) bond motifs is 1. The maximum atomic E-state index is 12.2. The second kappa shape index (κ2) is 6.16. The summed E-state index contributed by atoms with van der Waals surface area (Å²) in [5, 5.41) is 9.82. The Hall–Kier alpha value is -1.39. The molecule has 0 aliphatic heterocycles. The molecule has 2 fully saturated rings. The molecule has 3 rings (SSSR count). The molecule has 0 saturated heterocycles. The summed E-state index contributed by atoms with van der Waals surface area (Å²) < 4.78 is 11.0. The van der Waals surface area contributed by atoms with Gasteiger partial charge in [-0.05, 0) is 43.2 Å². The summed E-state index contributed by atoms with van der Waals surface area (Å²) in [4.78, 5) is 12.2. The highest BCUT2D eigenvalue weighted by Crippen LogP contribution is 2.49. The van der Waals surface area contributed by atoms with Gasteiger partial charge in [0.05, 0.1) is 18.3 Å². The molecule has 1 aromatic carbocycles. The van der Waals surface area contributed by atoms with E-state index in [4.69, 9.17) is 9.47 Å². The van der Waals surface area contributed by atoms with Crippen molar-refractivity contribution in [2.75, 3.05) is 13.7 Å². The van der Waals surface area contributed by atoms with Gasteiger partial charge in [-0.25, -0.2) is 4.79 Å². The molecule has 3 unspecified atom stereocenters. The van der Waals surface area contributed by atoms with Gasteiger partial charge in [0.1, 0.15) is 6.10 Å². The molecule has 5 atom stereocenters. The second-order valence-electron chi connectivity index (χ2n) is 6.21. The predicted molar refractivity (Wildman–Crippen MR) is 77.8 cm³/mol. The summed E-state index contributed by atoms with van der Waals surface area (Å²) >= 11 is 0. The van der Waals surface area contributed by atoms with Crippen LogP contribution in [0.4, 0.5) is 0 Å². The molecule has 0 spiro atoms. The predicted octanol–water partition coefficient (Wildman–Crippen LogP) is 2.27. The SMILES string of the molecule is COCC1C(OC(=O)c2ccccc2)C[C@H]2CC(O)C[C@@H]12. The largest absolute Gasteiger partial charge is 0.458 e. The minimum Gasteiger partial charge on any atom is -0.458 e. The lowest BCUT2D eigenvalue weighted by Gasteiger charge is -2.23. The lowest BCUT2D eigenvalue weighted by Crippen LogP contribution is -2.29. The Morgan fingerprint density at radius 1 is 1.24 bits per heavy atom. The van der Waals surface area contributed by atoms with Crippen LogP contribution < -0.4 is 0 Å². The van der Waals surface area contributed by atoms with Crippen LogP contribution in [0, 0.1) is 17.8 Å². The van der Waals surface area contributed by atoms with Crippen LogP contribution >= 0.6 is 0 Å². The molecule has 2 saturated carbocycles. The van der Waals surface area contributed by atoms with Crippen molar-refractivity contribution < 1.29 is 19.4 Å². The summed E-state index contributed by atoms with van der Waals surface area (Å²) in [6.07, 6.45) is 2.17. The maximum Gasteiger partial charge on any atom is 0.338 e. The fourth-order valence-corrected chi connectivity index (χ4v) is 4.01. The number of esters is 1. The lowest BCUT2D eigenvalue weighted by molar-refractivity contribution is -0.00122. The van der Waals surface area contributed by atoms with Gasteiger partial charge in [0.25, 0.3) is 0 Å². The molecule has 0 bridgehead atoms. The van der Waals surface area contributed by atoms with Crippen LogP contribution in [0.15, 0.2) is 30.3 Å². The Bertz CT molecular complexity index is 487. The van der Waals surface area contributed by atoms with Gasteiger partial charge in [-0.1, -0.05) is 18.2 Å². The van der Waals surface area contributed by atoms with E-state index in [2.05, 4.69) is 0 Å². The number of carbonyl (C=O) groups is 1. The molecule has 114 valence electrons. The van der Waals surface area contributed by atoms with Crippen molar-refractivity contribution in [1.29, 1.82) is 0 Å². The Labute approximate surface area is 125 Å². The zero-order valence-electron chi connectivity index (χ0n) is 12.3. The van der Waals surface area contributed by atoms with Crippen molar-refractivity contribution in [3.8, 4) is 0 Å². The number of rotatable bonds is 4. The smallest absolute Gasteiger partial charge is 0.338 e. The van der Waals surface area contributed by atoms with E-state index in [1.165, 1.54) is 0 Å². The number of carbonyl (C=O) groups excluding carboxylic acids is 1. The normalized spacial score (nSPS) is 34.7. The zero-order valence-corrected chi connectivity index (χ0v) is 12.3. The number of hydrogen-bond donors (Lipinski definition) is 1. The minimum absolute atomic E-state index is 0.0971. The van der Waals surface area contributed by atoms with Crippen molar-refractivity contribution in [3.63, 3.8) is 0 Å². The minimum atomic E-state index is -0.262. The van der Waals surface area contributed by atoms with Gasteiger partial charge in [-0.15, -0.1) is 0 Å². The number of aliphatic hydroxyl groups is 1. The Morgan fingerprint density at radius 3 is 2.71 bits per heavy atom. The van der Waals surface area contributed by atoms with Crippen LogP contribution in [0.2, 0.25) is 0 Å². The molecule has 4 heteroatoms. The first kappa shape index (κ1) is 14.5. The zero-order chi connectivity index (χ0) is 14.8. The van der Waals surface area contributed by atoms with Crippen LogP contribution in [-0.4, -0.2) is 37.0 Å². The van der Waals surface area contributed by atoms with Gasteiger partial charge in [0, 0.05) is 13.0 Å². The van der Waals surface area contributed by atoms with Crippen LogP contribution in [0.3, 0.4) is 0 Å². The standard InChI is InChI=1S/C17H22O4/c1-20-10-15-14-9-13(18)7-12(14)8-16(15)21-17(19)11-5-3-2-4-6-11/h2-6,12-16,18H,7-10H2,1H3/t12-,13?,14-,15?,16?/m1/s1. The van der Waals surface area contributed by atoms with Crippen molar-refractivity contribution in [2.24, 2.45) is 17.8 Å². The number of hydrogen-bond acceptors (Lipinski definition) is 4. The van der Waals surface area contributed by atoms with E-state index >= 15 is 0 Å². The molecule has 0 amide bonds. The highest BCUT2D eigenvalue weighted by Gasteiger charge is 2.49. The summed E-state index contributed by atoms with van der Waals surface area (Å²) in [5.41, 5.74) is 0.589. The number of methoxy groups -OCH3 is 1. The fraction of sp³-hybridized carbons (Fsp3) is 0.588. The quantitative estimate of drug-likeness (QED) is 0.864. The Balaban J connectivity index is 1.69. The summed E-state index contributed by atoms with van der Waals surface area (Å²) in [6.45, 7) is 0.584. The second-order valence-corrected chi connectivity index (χ2v) is 6.21. The van der Waals surface area contributed by atoms with E-state index in [1.807, 2.05) is 18.2 Å². The first-order chi connectivity index (χ1) is 10.2. The van der Waals surface area contributed by atoms with Crippen LogP contribution in [0.1, 0.15) is 29.6 Å². The van der Waals surface area contributed by atoms with Gasteiger partial charge < -0.3 is 14.6 Å². The van der Waals surface area contributed by atoms with Gasteiger partial charge in [-0.2, -0.15) is 0 Å². The molecule has 1 N–H and O–H groups in total. The molecule has 4 nitrogen and oxygen atoms in total. The number of aliphatic hydroxyl groups excluding tert-OH is 1. The van der Waals surface area contributed by atoms with Crippen molar-refractivity contribution in [1.82, 2.24) is 0 Å².